The van der Waals surface area contributed by atoms with Crippen molar-refractivity contribution in [1.82, 2.24) is 4.98 Å². The average Bonchev–Trinajstić information content (AvgIpc) is 2.92. The van der Waals surface area contributed by atoms with E-state index in [-0.39, 0.29) is 6.10 Å². The van der Waals surface area contributed by atoms with Crippen LogP contribution in [0.25, 0.3) is 0 Å². The Hall–Kier alpha value is -1.76. The van der Waals surface area contributed by atoms with E-state index < -0.39 is 0 Å². The van der Waals surface area contributed by atoms with Crippen molar-refractivity contribution >= 4 is 5.69 Å². The molecule has 66 valence electrons. The largest absolute Gasteiger partial charge is 0.473 e. The van der Waals surface area contributed by atoms with Gasteiger partial charge < -0.3 is 10.5 Å². The maximum absolute atomic E-state index is 8.68. The number of hydrogen-bond donors (Lipinski definition) is 1. The van der Waals surface area contributed by atoms with Crippen molar-refractivity contribution in [1.29, 1.82) is 5.26 Å². The SMILES string of the molecule is N#Cc1ccnc(OC2CC2)c1N. The maximum atomic E-state index is 8.68. The van der Waals surface area contributed by atoms with Gasteiger partial charge in [0.1, 0.15) is 17.9 Å². The van der Waals surface area contributed by atoms with E-state index in [9.17, 15) is 0 Å². The summed E-state index contributed by atoms with van der Waals surface area (Å²) in [6, 6.07) is 3.56. The summed E-state index contributed by atoms with van der Waals surface area (Å²) >= 11 is 0. The minimum absolute atomic E-state index is 0.253. The summed E-state index contributed by atoms with van der Waals surface area (Å²) in [5.41, 5.74) is 6.43. The summed E-state index contributed by atoms with van der Waals surface area (Å²) in [6.07, 6.45) is 3.89. The predicted octanol–water partition coefficient (Wildman–Crippen LogP) is 1.08. The number of pyridine rings is 1. The lowest BCUT2D eigenvalue weighted by Gasteiger charge is -2.06. The third kappa shape index (κ3) is 1.54. The van der Waals surface area contributed by atoms with Crippen LogP contribution < -0.4 is 10.5 Å². The van der Waals surface area contributed by atoms with Crippen LogP contribution >= 0.6 is 0 Å². The Morgan fingerprint density at radius 3 is 3.00 bits per heavy atom. The molecular formula is C9H9N3O. The first-order valence-electron chi connectivity index (χ1n) is 4.12. The molecule has 0 radical (unpaired) electrons. The Bertz CT molecular complexity index is 366. The lowest BCUT2D eigenvalue weighted by atomic mass is 10.2. The summed E-state index contributed by atoms with van der Waals surface area (Å²) in [4.78, 5) is 3.97. The summed E-state index contributed by atoms with van der Waals surface area (Å²) in [5, 5.41) is 8.68. The molecule has 1 aromatic rings. The molecule has 1 aliphatic carbocycles. The fraction of sp³-hybridized carbons (Fsp3) is 0.333. The molecule has 2 N–H and O–H groups in total. The highest BCUT2D eigenvalue weighted by Gasteiger charge is 2.25. The van der Waals surface area contributed by atoms with Crippen molar-refractivity contribution in [3.05, 3.63) is 17.8 Å². The van der Waals surface area contributed by atoms with Gasteiger partial charge in [0.15, 0.2) is 0 Å². The van der Waals surface area contributed by atoms with E-state index in [4.69, 9.17) is 15.7 Å². The molecule has 0 aromatic carbocycles. The van der Waals surface area contributed by atoms with Gasteiger partial charge in [-0.05, 0) is 18.9 Å². The number of hydrogen-bond acceptors (Lipinski definition) is 4. The van der Waals surface area contributed by atoms with Crippen LogP contribution in [0.5, 0.6) is 5.88 Å². The minimum atomic E-state index is 0.253. The highest BCUT2D eigenvalue weighted by Crippen LogP contribution is 2.29. The Morgan fingerprint density at radius 2 is 2.38 bits per heavy atom. The third-order valence-electron chi connectivity index (χ3n) is 1.88. The van der Waals surface area contributed by atoms with Crippen LogP contribution in [0.1, 0.15) is 18.4 Å². The van der Waals surface area contributed by atoms with Gasteiger partial charge in [-0.3, -0.25) is 0 Å². The molecular weight excluding hydrogens is 166 g/mol. The van der Waals surface area contributed by atoms with Crippen LogP contribution in [-0.4, -0.2) is 11.1 Å². The molecule has 13 heavy (non-hydrogen) atoms. The van der Waals surface area contributed by atoms with Crippen LogP contribution in [0.2, 0.25) is 0 Å². The van der Waals surface area contributed by atoms with E-state index in [2.05, 4.69) is 4.98 Å². The lowest BCUT2D eigenvalue weighted by Crippen LogP contribution is -2.03. The van der Waals surface area contributed by atoms with Gasteiger partial charge in [0.25, 0.3) is 0 Å². The van der Waals surface area contributed by atoms with Crippen molar-refractivity contribution in [2.75, 3.05) is 5.73 Å². The maximum Gasteiger partial charge on any atom is 0.238 e. The highest BCUT2D eigenvalue weighted by atomic mass is 16.5. The van der Waals surface area contributed by atoms with Gasteiger partial charge in [-0.2, -0.15) is 5.26 Å². The molecule has 0 spiro atoms. The van der Waals surface area contributed by atoms with E-state index >= 15 is 0 Å². The summed E-state index contributed by atoms with van der Waals surface area (Å²) in [7, 11) is 0. The summed E-state index contributed by atoms with van der Waals surface area (Å²) < 4.78 is 5.41. The number of nitrogen functional groups attached to an aromatic ring is 1. The zero-order valence-corrected chi connectivity index (χ0v) is 7.03. The van der Waals surface area contributed by atoms with Gasteiger partial charge in [0.05, 0.1) is 5.56 Å². The fourth-order valence-corrected chi connectivity index (χ4v) is 0.989. The molecule has 2 rings (SSSR count). The van der Waals surface area contributed by atoms with Gasteiger partial charge >= 0.3 is 0 Å². The normalized spacial score (nSPS) is 15.0. The van der Waals surface area contributed by atoms with Crippen LogP contribution in [0.3, 0.4) is 0 Å². The van der Waals surface area contributed by atoms with E-state index in [1.807, 2.05) is 6.07 Å². The second kappa shape index (κ2) is 2.94. The third-order valence-corrected chi connectivity index (χ3v) is 1.88. The van der Waals surface area contributed by atoms with Gasteiger partial charge in [-0.1, -0.05) is 0 Å². The molecule has 1 aliphatic rings. The molecule has 0 aliphatic heterocycles. The van der Waals surface area contributed by atoms with Crippen LogP contribution in [0.15, 0.2) is 12.3 Å². The van der Waals surface area contributed by atoms with E-state index in [1.165, 1.54) is 6.20 Å². The molecule has 0 amide bonds. The molecule has 4 nitrogen and oxygen atoms in total. The molecule has 1 saturated carbocycles. The smallest absolute Gasteiger partial charge is 0.238 e. The number of nitrogens with zero attached hydrogens (tertiary/aromatic N) is 2. The molecule has 0 unspecified atom stereocenters. The van der Waals surface area contributed by atoms with Crippen molar-refractivity contribution < 1.29 is 4.74 Å². The molecule has 4 heteroatoms. The van der Waals surface area contributed by atoms with E-state index in [1.54, 1.807) is 6.07 Å². The van der Waals surface area contributed by atoms with Crippen LogP contribution in [-0.2, 0) is 0 Å². The number of nitriles is 1. The Balaban J connectivity index is 2.28. The lowest BCUT2D eigenvalue weighted by molar-refractivity contribution is 0.293. The first kappa shape index (κ1) is 7.87. The van der Waals surface area contributed by atoms with Crippen LogP contribution in [0, 0.1) is 11.3 Å². The standard InChI is InChI=1S/C9H9N3O/c10-5-6-3-4-12-9(8(6)11)13-7-1-2-7/h3-4,7H,1-2,11H2. The molecule has 0 atom stereocenters. The van der Waals surface area contributed by atoms with Crippen molar-refractivity contribution in [3.8, 4) is 11.9 Å². The van der Waals surface area contributed by atoms with Gasteiger partial charge in [0.2, 0.25) is 5.88 Å². The minimum Gasteiger partial charge on any atom is -0.473 e. The number of ether oxygens (including phenoxy) is 1. The molecule has 0 bridgehead atoms. The monoisotopic (exact) mass is 175 g/mol. The van der Waals surface area contributed by atoms with Gasteiger partial charge in [0, 0.05) is 6.20 Å². The Labute approximate surface area is 76.0 Å². The fourth-order valence-electron chi connectivity index (χ4n) is 0.989. The molecule has 1 fully saturated rings. The van der Waals surface area contributed by atoms with E-state index in [0.717, 1.165) is 12.8 Å². The number of anilines is 1. The Kier molecular flexibility index (Phi) is 1.78. The van der Waals surface area contributed by atoms with Crippen molar-refractivity contribution in [2.45, 2.75) is 18.9 Å². The molecule has 1 aromatic heterocycles. The first-order valence-corrected chi connectivity index (χ1v) is 4.12. The zero-order valence-electron chi connectivity index (χ0n) is 7.03. The predicted molar refractivity (Wildman–Crippen MR) is 47.0 cm³/mol. The molecule has 1 heterocycles. The second-order valence-corrected chi connectivity index (χ2v) is 3.01. The van der Waals surface area contributed by atoms with E-state index in [0.29, 0.717) is 17.1 Å². The number of aromatic nitrogens is 1. The first-order chi connectivity index (χ1) is 6.31. The Morgan fingerprint density at radius 1 is 1.62 bits per heavy atom. The quantitative estimate of drug-likeness (QED) is 0.729. The van der Waals surface area contributed by atoms with Crippen LogP contribution in [0.4, 0.5) is 5.69 Å². The van der Waals surface area contributed by atoms with Crippen molar-refractivity contribution in [2.24, 2.45) is 0 Å². The zero-order chi connectivity index (χ0) is 9.26. The average molecular weight is 175 g/mol. The van der Waals surface area contributed by atoms with Crippen molar-refractivity contribution in [3.63, 3.8) is 0 Å². The van der Waals surface area contributed by atoms with Gasteiger partial charge in [-0.25, -0.2) is 4.98 Å². The highest BCUT2D eigenvalue weighted by molar-refractivity contribution is 5.59. The summed E-state index contributed by atoms with van der Waals surface area (Å²) in [5.74, 6) is 0.390. The second-order valence-electron chi connectivity index (χ2n) is 3.01. The summed E-state index contributed by atoms with van der Waals surface area (Å²) in [6.45, 7) is 0. The topological polar surface area (TPSA) is 71.9 Å². The number of rotatable bonds is 2. The van der Waals surface area contributed by atoms with Gasteiger partial charge in [-0.15, -0.1) is 0 Å². The number of nitrogens with two attached hydrogens (primary N) is 1. The molecule has 0 saturated heterocycles.